The van der Waals surface area contributed by atoms with Gasteiger partial charge in [-0.2, -0.15) is 0 Å². The third-order valence-electron chi connectivity index (χ3n) is 2.83. The van der Waals surface area contributed by atoms with Crippen LogP contribution in [0.1, 0.15) is 24.8 Å². The van der Waals surface area contributed by atoms with E-state index in [1.165, 1.54) is 5.56 Å². The van der Waals surface area contributed by atoms with Crippen molar-refractivity contribution in [1.82, 2.24) is 5.32 Å². The molecule has 0 saturated heterocycles. The number of aliphatic hydroxyl groups is 1. The minimum Gasteiger partial charge on any atom is -0.454 e. The standard InChI is InChI=1S/C13H18BrNO3/c14-11-6-10(7-12-13(11)18-9-17-12)8-15-4-2-1-3-5-16/h6-7,15-16H,1-5,8-9H2. The molecular weight excluding hydrogens is 298 g/mol. The summed E-state index contributed by atoms with van der Waals surface area (Å²) in [7, 11) is 0. The zero-order valence-electron chi connectivity index (χ0n) is 10.2. The van der Waals surface area contributed by atoms with Crippen molar-refractivity contribution in [2.45, 2.75) is 25.8 Å². The maximum absolute atomic E-state index is 8.67. The van der Waals surface area contributed by atoms with Gasteiger partial charge in [-0.05, 0) is 59.4 Å². The van der Waals surface area contributed by atoms with Gasteiger partial charge in [-0.3, -0.25) is 0 Å². The van der Waals surface area contributed by atoms with Gasteiger partial charge >= 0.3 is 0 Å². The van der Waals surface area contributed by atoms with Crippen molar-refractivity contribution in [2.24, 2.45) is 0 Å². The number of fused-ring (bicyclic) bond motifs is 1. The topological polar surface area (TPSA) is 50.7 Å². The van der Waals surface area contributed by atoms with E-state index in [0.29, 0.717) is 6.79 Å². The third kappa shape index (κ3) is 3.60. The van der Waals surface area contributed by atoms with E-state index < -0.39 is 0 Å². The molecule has 0 aromatic heterocycles. The molecule has 0 fully saturated rings. The summed E-state index contributed by atoms with van der Waals surface area (Å²) >= 11 is 3.48. The number of benzene rings is 1. The molecule has 1 aromatic rings. The Labute approximate surface area is 115 Å². The molecule has 0 unspecified atom stereocenters. The van der Waals surface area contributed by atoms with E-state index in [1.54, 1.807) is 0 Å². The fourth-order valence-electron chi connectivity index (χ4n) is 1.89. The van der Waals surface area contributed by atoms with Crippen LogP contribution in [0, 0.1) is 0 Å². The van der Waals surface area contributed by atoms with Gasteiger partial charge in [0.05, 0.1) is 4.47 Å². The maximum Gasteiger partial charge on any atom is 0.231 e. The molecule has 0 spiro atoms. The van der Waals surface area contributed by atoms with Gasteiger partial charge in [0.15, 0.2) is 11.5 Å². The highest BCUT2D eigenvalue weighted by Crippen LogP contribution is 2.39. The molecule has 1 heterocycles. The molecule has 0 amide bonds. The van der Waals surface area contributed by atoms with Crippen molar-refractivity contribution in [3.63, 3.8) is 0 Å². The van der Waals surface area contributed by atoms with Gasteiger partial charge < -0.3 is 19.9 Å². The molecule has 0 aliphatic carbocycles. The Bertz CT molecular complexity index is 398. The molecule has 1 aromatic carbocycles. The van der Waals surface area contributed by atoms with Crippen molar-refractivity contribution < 1.29 is 14.6 Å². The number of nitrogens with one attached hydrogen (secondary N) is 1. The predicted molar refractivity (Wildman–Crippen MR) is 72.9 cm³/mol. The Kier molecular flexibility index (Phi) is 5.28. The average molecular weight is 316 g/mol. The van der Waals surface area contributed by atoms with Gasteiger partial charge in [0, 0.05) is 13.2 Å². The summed E-state index contributed by atoms with van der Waals surface area (Å²) in [6.07, 6.45) is 3.04. The van der Waals surface area contributed by atoms with Crippen molar-refractivity contribution in [3.05, 3.63) is 22.2 Å². The summed E-state index contributed by atoms with van der Waals surface area (Å²) in [6.45, 7) is 2.36. The van der Waals surface area contributed by atoms with Crippen LogP contribution in [0.5, 0.6) is 11.5 Å². The van der Waals surface area contributed by atoms with Crippen LogP contribution in [-0.4, -0.2) is 25.1 Å². The summed E-state index contributed by atoms with van der Waals surface area (Å²) in [4.78, 5) is 0. The Balaban J connectivity index is 1.78. The molecular formula is C13H18BrNO3. The van der Waals surface area contributed by atoms with Crippen LogP contribution in [-0.2, 0) is 6.54 Å². The number of halogens is 1. The Hall–Kier alpha value is -0.780. The average Bonchev–Trinajstić information content (AvgIpc) is 2.82. The molecule has 0 radical (unpaired) electrons. The van der Waals surface area contributed by atoms with Gasteiger partial charge in [-0.15, -0.1) is 0 Å². The number of aliphatic hydroxyl groups excluding tert-OH is 1. The predicted octanol–water partition coefficient (Wildman–Crippen LogP) is 2.43. The number of rotatable bonds is 7. The summed E-state index contributed by atoms with van der Waals surface area (Å²) in [5.41, 5.74) is 1.17. The van der Waals surface area contributed by atoms with Crippen molar-refractivity contribution in [2.75, 3.05) is 19.9 Å². The molecule has 0 saturated carbocycles. The van der Waals surface area contributed by atoms with E-state index in [1.807, 2.05) is 12.1 Å². The molecule has 0 atom stereocenters. The van der Waals surface area contributed by atoms with Crippen LogP contribution in [0.2, 0.25) is 0 Å². The zero-order chi connectivity index (χ0) is 12.8. The van der Waals surface area contributed by atoms with Crippen LogP contribution >= 0.6 is 15.9 Å². The highest BCUT2D eigenvalue weighted by Gasteiger charge is 2.17. The van der Waals surface area contributed by atoms with Gasteiger partial charge in [-0.25, -0.2) is 0 Å². The molecule has 2 N–H and O–H groups in total. The SMILES string of the molecule is OCCCCCNCc1cc(Br)c2c(c1)OCO2. The van der Waals surface area contributed by atoms with Crippen LogP contribution in [0.25, 0.3) is 0 Å². The van der Waals surface area contributed by atoms with Crippen LogP contribution in [0.4, 0.5) is 0 Å². The first kappa shape index (κ1) is 13.6. The van der Waals surface area contributed by atoms with Gasteiger partial charge in [0.2, 0.25) is 6.79 Å². The van der Waals surface area contributed by atoms with E-state index >= 15 is 0 Å². The molecule has 4 nitrogen and oxygen atoms in total. The molecule has 18 heavy (non-hydrogen) atoms. The summed E-state index contributed by atoms with van der Waals surface area (Å²) in [5, 5.41) is 12.0. The lowest BCUT2D eigenvalue weighted by atomic mass is 10.2. The van der Waals surface area contributed by atoms with Gasteiger partial charge in [0.1, 0.15) is 0 Å². The second-order valence-electron chi connectivity index (χ2n) is 4.27. The second-order valence-corrected chi connectivity index (χ2v) is 5.13. The number of hydrogen-bond acceptors (Lipinski definition) is 4. The number of hydrogen-bond donors (Lipinski definition) is 2. The van der Waals surface area contributed by atoms with Gasteiger partial charge in [-0.1, -0.05) is 0 Å². The fourth-order valence-corrected chi connectivity index (χ4v) is 2.50. The highest BCUT2D eigenvalue weighted by atomic mass is 79.9. The molecule has 100 valence electrons. The first-order chi connectivity index (χ1) is 8.81. The number of ether oxygens (including phenoxy) is 2. The lowest BCUT2D eigenvalue weighted by Gasteiger charge is -2.07. The maximum atomic E-state index is 8.67. The Morgan fingerprint density at radius 1 is 1.22 bits per heavy atom. The molecule has 1 aliphatic rings. The van der Waals surface area contributed by atoms with E-state index in [-0.39, 0.29) is 6.61 Å². The van der Waals surface area contributed by atoms with E-state index in [9.17, 15) is 0 Å². The summed E-state index contributed by atoms with van der Waals surface area (Å²) in [6, 6.07) is 4.06. The lowest BCUT2D eigenvalue weighted by molar-refractivity contribution is 0.173. The van der Waals surface area contributed by atoms with Crippen LogP contribution < -0.4 is 14.8 Å². The monoisotopic (exact) mass is 315 g/mol. The minimum absolute atomic E-state index is 0.287. The molecule has 0 bridgehead atoms. The van der Waals surface area contributed by atoms with E-state index in [2.05, 4.69) is 21.2 Å². The van der Waals surface area contributed by atoms with E-state index in [0.717, 1.165) is 48.3 Å². The summed E-state index contributed by atoms with van der Waals surface area (Å²) in [5.74, 6) is 1.60. The second kappa shape index (κ2) is 6.97. The molecule has 1 aliphatic heterocycles. The Morgan fingerprint density at radius 3 is 2.94 bits per heavy atom. The largest absolute Gasteiger partial charge is 0.454 e. The minimum atomic E-state index is 0.287. The Morgan fingerprint density at radius 2 is 2.11 bits per heavy atom. The molecule has 2 rings (SSSR count). The highest BCUT2D eigenvalue weighted by molar-refractivity contribution is 9.10. The first-order valence-corrected chi connectivity index (χ1v) is 7.00. The third-order valence-corrected chi connectivity index (χ3v) is 3.42. The summed E-state index contributed by atoms with van der Waals surface area (Å²) < 4.78 is 11.7. The van der Waals surface area contributed by atoms with E-state index in [4.69, 9.17) is 14.6 Å². The van der Waals surface area contributed by atoms with Crippen LogP contribution in [0.3, 0.4) is 0 Å². The zero-order valence-corrected chi connectivity index (χ0v) is 11.8. The van der Waals surface area contributed by atoms with Crippen molar-refractivity contribution in [3.8, 4) is 11.5 Å². The smallest absolute Gasteiger partial charge is 0.231 e. The lowest BCUT2D eigenvalue weighted by Crippen LogP contribution is -2.14. The molecule has 5 heteroatoms. The van der Waals surface area contributed by atoms with Gasteiger partial charge in [0.25, 0.3) is 0 Å². The van der Waals surface area contributed by atoms with Crippen molar-refractivity contribution >= 4 is 15.9 Å². The number of unbranched alkanes of at least 4 members (excludes halogenated alkanes) is 2. The fraction of sp³-hybridized carbons (Fsp3) is 0.538. The van der Waals surface area contributed by atoms with Crippen LogP contribution in [0.15, 0.2) is 16.6 Å². The van der Waals surface area contributed by atoms with Crippen molar-refractivity contribution in [1.29, 1.82) is 0 Å². The normalized spacial score (nSPS) is 13.0. The quantitative estimate of drug-likeness (QED) is 0.759. The first-order valence-electron chi connectivity index (χ1n) is 6.21.